The summed E-state index contributed by atoms with van der Waals surface area (Å²) in [5.41, 5.74) is -0.246. The molecule has 1 aromatic carbocycles. The lowest BCUT2D eigenvalue weighted by Crippen LogP contribution is -2.47. The van der Waals surface area contributed by atoms with E-state index in [1.54, 1.807) is 6.07 Å². The first-order valence-corrected chi connectivity index (χ1v) is 7.07. The quantitative estimate of drug-likeness (QED) is 0.663. The van der Waals surface area contributed by atoms with Crippen molar-refractivity contribution in [3.63, 3.8) is 0 Å². The zero-order valence-electron chi connectivity index (χ0n) is 12.4. The number of piperazine rings is 1. The minimum Gasteiger partial charge on any atom is -0.376 e. The Kier molecular flexibility index (Phi) is 5.08. The summed E-state index contributed by atoms with van der Waals surface area (Å²) in [4.78, 5) is 14.9. The third-order valence-corrected chi connectivity index (χ3v) is 3.70. The molecule has 6 nitrogen and oxygen atoms in total. The smallest absolute Gasteiger partial charge is 0.327 e. The fraction of sp³-hybridized carbons (Fsp3) is 0.571. The number of benzene rings is 1. The van der Waals surface area contributed by atoms with Crippen LogP contribution in [0.3, 0.4) is 0 Å². The van der Waals surface area contributed by atoms with E-state index in [1.807, 2.05) is 6.92 Å². The molecular weight excluding hydrogens is 275 g/mol. The molecule has 1 aromatic rings. The summed E-state index contributed by atoms with van der Waals surface area (Å²) in [7, 11) is 2.09. The second-order valence-electron chi connectivity index (χ2n) is 5.54. The summed E-state index contributed by atoms with van der Waals surface area (Å²) < 4.78 is 13.6. The van der Waals surface area contributed by atoms with Gasteiger partial charge in [-0.1, -0.05) is 6.07 Å². The number of hydrogen-bond donors (Lipinski definition) is 1. The van der Waals surface area contributed by atoms with Crippen LogP contribution >= 0.6 is 0 Å². The topological polar surface area (TPSA) is 61.6 Å². The predicted molar refractivity (Wildman–Crippen MR) is 80.1 cm³/mol. The molecule has 1 aliphatic rings. The predicted octanol–water partition coefficient (Wildman–Crippen LogP) is 1.78. The summed E-state index contributed by atoms with van der Waals surface area (Å²) >= 11 is 0. The highest BCUT2D eigenvalue weighted by Gasteiger charge is 2.22. The Morgan fingerprint density at radius 1 is 1.38 bits per heavy atom. The van der Waals surface area contributed by atoms with E-state index in [-0.39, 0.29) is 11.7 Å². The van der Waals surface area contributed by atoms with Crippen LogP contribution in [-0.2, 0) is 0 Å². The lowest BCUT2D eigenvalue weighted by molar-refractivity contribution is -0.386. The fourth-order valence-corrected chi connectivity index (χ4v) is 2.55. The molecule has 21 heavy (non-hydrogen) atoms. The molecule has 0 radical (unpaired) electrons. The number of anilines is 1. The van der Waals surface area contributed by atoms with Crippen LogP contribution in [0.15, 0.2) is 18.2 Å². The number of nitro benzene ring substituents is 1. The van der Waals surface area contributed by atoms with Crippen molar-refractivity contribution in [2.75, 3.05) is 45.1 Å². The second-order valence-corrected chi connectivity index (χ2v) is 5.54. The van der Waals surface area contributed by atoms with Crippen LogP contribution in [0.4, 0.5) is 15.8 Å². The zero-order valence-corrected chi connectivity index (χ0v) is 12.4. The monoisotopic (exact) mass is 296 g/mol. The third-order valence-electron chi connectivity index (χ3n) is 3.70. The van der Waals surface area contributed by atoms with Gasteiger partial charge in [-0.3, -0.25) is 15.0 Å². The fourth-order valence-electron chi connectivity index (χ4n) is 2.55. The molecule has 1 N–H and O–H groups in total. The average molecular weight is 296 g/mol. The first-order valence-electron chi connectivity index (χ1n) is 7.07. The van der Waals surface area contributed by atoms with Gasteiger partial charge in [-0.25, -0.2) is 0 Å². The Balaban J connectivity index is 1.98. The van der Waals surface area contributed by atoms with Crippen LogP contribution in [0.1, 0.15) is 6.92 Å². The van der Waals surface area contributed by atoms with Gasteiger partial charge in [0, 0.05) is 38.8 Å². The Labute approximate surface area is 123 Å². The molecule has 0 saturated carbocycles. The molecule has 1 unspecified atom stereocenters. The number of nitrogens with one attached hydrogen (secondary N) is 1. The maximum absolute atomic E-state index is 13.6. The van der Waals surface area contributed by atoms with Gasteiger partial charge < -0.3 is 10.2 Å². The summed E-state index contributed by atoms with van der Waals surface area (Å²) in [6.07, 6.45) is 0. The van der Waals surface area contributed by atoms with Gasteiger partial charge in [-0.05, 0) is 26.1 Å². The SMILES string of the molecule is CC(CN1CCN(C)CC1)Nc1cccc(F)c1[N+](=O)[O-]. The van der Waals surface area contributed by atoms with Crippen LogP contribution in [0, 0.1) is 15.9 Å². The van der Waals surface area contributed by atoms with Crippen molar-refractivity contribution in [1.82, 2.24) is 9.80 Å². The first kappa shape index (κ1) is 15.7. The number of halogens is 1. The standard InChI is InChI=1S/C14H21FN4O2/c1-11(10-18-8-6-17(2)7-9-18)16-13-5-3-4-12(15)14(13)19(20)21/h3-5,11,16H,6-10H2,1-2H3. The van der Waals surface area contributed by atoms with E-state index in [0.29, 0.717) is 0 Å². The average Bonchev–Trinajstić information content (AvgIpc) is 2.41. The largest absolute Gasteiger partial charge is 0.376 e. The lowest BCUT2D eigenvalue weighted by atomic mass is 10.2. The van der Waals surface area contributed by atoms with Crippen molar-refractivity contribution in [1.29, 1.82) is 0 Å². The minimum atomic E-state index is -0.809. The third kappa shape index (κ3) is 4.12. The molecule has 116 valence electrons. The molecule has 0 bridgehead atoms. The Morgan fingerprint density at radius 2 is 2.05 bits per heavy atom. The van der Waals surface area contributed by atoms with Gasteiger partial charge in [0.05, 0.1) is 4.92 Å². The molecule has 1 atom stereocenters. The number of hydrogen-bond acceptors (Lipinski definition) is 5. The van der Waals surface area contributed by atoms with Crippen LogP contribution < -0.4 is 5.32 Å². The Bertz CT molecular complexity index is 504. The molecule has 0 spiro atoms. The molecule has 1 heterocycles. The number of nitrogens with zero attached hydrogens (tertiary/aromatic N) is 3. The molecule has 7 heteroatoms. The first-order chi connectivity index (χ1) is 9.97. The lowest BCUT2D eigenvalue weighted by Gasteiger charge is -2.34. The van der Waals surface area contributed by atoms with Crippen LogP contribution in [0.2, 0.25) is 0 Å². The Morgan fingerprint density at radius 3 is 2.67 bits per heavy atom. The maximum Gasteiger partial charge on any atom is 0.327 e. The van der Waals surface area contributed by atoms with E-state index in [0.717, 1.165) is 38.8 Å². The van der Waals surface area contributed by atoms with E-state index < -0.39 is 16.4 Å². The van der Waals surface area contributed by atoms with Crippen molar-refractivity contribution < 1.29 is 9.31 Å². The van der Waals surface area contributed by atoms with Crippen LogP contribution in [0.25, 0.3) is 0 Å². The normalized spacial score (nSPS) is 18.4. The van der Waals surface area contributed by atoms with Gasteiger partial charge in [-0.15, -0.1) is 0 Å². The van der Waals surface area contributed by atoms with Crippen molar-refractivity contribution in [3.8, 4) is 0 Å². The van der Waals surface area contributed by atoms with Gasteiger partial charge in [-0.2, -0.15) is 4.39 Å². The number of likely N-dealkylation sites (N-methyl/N-ethyl adjacent to an activating group) is 1. The highest BCUT2D eigenvalue weighted by atomic mass is 19.1. The van der Waals surface area contributed by atoms with Crippen LogP contribution in [0.5, 0.6) is 0 Å². The van der Waals surface area contributed by atoms with E-state index >= 15 is 0 Å². The highest BCUT2D eigenvalue weighted by molar-refractivity contribution is 5.62. The molecule has 2 rings (SSSR count). The molecule has 0 aliphatic carbocycles. The Hall–Kier alpha value is -1.73. The molecule has 1 fully saturated rings. The van der Waals surface area contributed by atoms with E-state index in [9.17, 15) is 14.5 Å². The molecule has 0 amide bonds. The van der Waals surface area contributed by atoms with Gasteiger partial charge >= 0.3 is 5.69 Å². The number of rotatable bonds is 5. The zero-order chi connectivity index (χ0) is 15.4. The molecule has 0 aromatic heterocycles. The maximum atomic E-state index is 13.6. The van der Waals surface area contributed by atoms with E-state index in [2.05, 4.69) is 22.2 Å². The summed E-state index contributed by atoms with van der Waals surface area (Å²) in [6.45, 7) is 6.73. The van der Waals surface area contributed by atoms with Gasteiger partial charge in [0.2, 0.25) is 5.82 Å². The molecule has 1 aliphatic heterocycles. The van der Waals surface area contributed by atoms with Crippen molar-refractivity contribution >= 4 is 11.4 Å². The van der Waals surface area contributed by atoms with Crippen molar-refractivity contribution in [3.05, 3.63) is 34.1 Å². The van der Waals surface area contributed by atoms with Gasteiger partial charge in [0.1, 0.15) is 5.69 Å². The van der Waals surface area contributed by atoms with Crippen LogP contribution in [-0.4, -0.2) is 60.5 Å². The number of nitro groups is 1. The highest BCUT2D eigenvalue weighted by Crippen LogP contribution is 2.27. The molecular formula is C14H21FN4O2. The molecule has 1 saturated heterocycles. The summed E-state index contributed by atoms with van der Waals surface area (Å²) in [6, 6.07) is 4.14. The van der Waals surface area contributed by atoms with E-state index in [1.165, 1.54) is 6.07 Å². The minimum absolute atomic E-state index is 0.00825. The summed E-state index contributed by atoms with van der Waals surface area (Å²) in [5.74, 6) is -0.809. The number of para-hydroxylation sites is 1. The van der Waals surface area contributed by atoms with Crippen molar-refractivity contribution in [2.24, 2.45) is 0 Å². The van der Waals surface area contributed by atoms with Gasteiger partial charge in [0.15, 0.2) is 0 Å². The van der Waals surface area contributed by atoms with Crippen molar-refractivity contribution in [2.45, 2.75) is 13.0 Å². The van der Waals surface area contributed by atoms with E-state index in [4.69, 9.17) is 0 Å². The second kappa shape index (κ2) is 6.82. The summed E-state index contributed by atoms with van der Waals surface area (Å²) in [5, 5.41) is 14.0. The van der Waals surface area contributed by atoms with Gasteiger partial charge in [0.25, 0.3) is 0 Å².